The summed E-state index contributed by atoms with van der Waals surface area (Å²) in [4.78, 5) is 12.5. The molecule has 6 aliphatic carbocycles. The third-order valence-electron chi connectivity index (χ3n) is 6.63. The van der Waals surface area contributed by atoms with Gasteiger partial charge in [0.25, 0.3) is 0 Å². The molecule has 0 N–H and O–H groups in total. The molecule has 0 unspecified atom stereocenters. The Morgan fingerprint density at radius 1 is 1.00 bits per heavy atom. The number of halogens is 2. The van der Waals surface area contributed by atoms with Crippen molar-refractivity contribution in [3.8, 4) is 0 Å². The van der Waals surface area contributed by atoms with Crippen LogP contribution in [0.5, 0.6) is 0 Å². The van der Waals surface area contributed by atoms with E-state index >= 15 is 0 Å². The Balaban J connectivity index is 1.69. The summed E-state index contributed by atoms with van der Waals surface area (Å²) in [6.45, 7) is 1.35. The highest BCUT2D eigenvalue weighted by atomic mass is 79.9. The second-order valence-electron chi connectivity index (χ2n) is 6.42. The lowest BCUT2D eigenvalue weighted by Crippen LogP contribution is -2.75. The molecule has 7 aliphatic rings. The van der Waals surface area contributed by atoms with Crippen LogP contribution in [0, 0.1) is 35.5 Å². The smallest absolute Gasteiger partial charge is 0.188 e. The number of rotatable bonds is 0. The molecular formula is C12H10Br2O3. The summed E-state index contributed by atoms with van der Waals surface area (Å²) in [6.07, 6.45) is 0. The van der Waals surface area contributed by atoms with E-state index in [4.69, 9.17) is 9.47 Å². The normalized spacial score (nSPS) is 74.6. The van der Waals surface area contributed by atoms with Crippen LogP contribution < -0.4 is 0 Å². The summed E-state index contributed by atoms with van der Waals surface area (Å²) in [5, 5.41) is 0. The van der Waals surface area contributed by atoms with E-state index in [-0.39, 0.29) is 14.6 Å². The lowest BCUT2D eigenvalue weighted by Gasteiger charge is -2.69. The summed E-state index contributed by atoms with van der Waals surface area (Å²) < 4.78 is 11.8. The van der Waals surface area contributed by atoms with Crippen molar-refractivity contribution < 1.29 is 14.3 Å². The Bertz CT molecular complexity index is 516. The molecular weight excluding hydrogens is 352 g/mol. The maximum atomic E-state index is 12.5. The van der Waals surface area contributed by atoms with E-state index in [1.807, 2.05) is 0 Å². The molecule has 3 nitrogen and oxygen atoms in total. The molecule has 0 amide bonds. The number of alkyl halides is 2. The maximum absolute atomic E-state index is 12.5. The minimum absolute atomic E-state index is 0.0510. The van der Waals surface area contributed by atoms with Gasteiger partial charge in [-0.1, -0.05) is 31.9 Å². The van der Waals surface area contributed by atoms with Gasteiger partial charge in [0.05, 0.1) is 21.9 Å². The summed E-state index contributed by atoms with van der Waals surface area (Å²) in [5.74, 6) is 2.50. The van der Waals surface area contributed by atoms with Crippen molar-refractivity contribution in [2.45, 2.75) is 14.4 Å². The molecule has 0 aromatic heterocycles. The molecule has 6 saturated carbocycles. The first kappa shape index (κ1) is 9.45. The van der Waals surface area contributed by atoms with E-state index in [1.165, 1.54) is 0 Å². The summed E-state index contributed by atoms with van der Waals surface area (Å²) >= 11 is 7.73. The number of carbonyl (C=O) groups excluding carboxylic acids is 1. The van der Waals surface area contributed by atoms with Crippen LogP contribution in [0.15, 0.2) is 0 Å². The van der Waals surface area contributed by atoms with Crippen molar-refractivity contribution >= 4 is 37.6 Å². The predicted molar refractivity (Wildman–Crippen MR) is 63.9 cm³/mol. The Morgan fingerprint density at radius 2 is 1.65 bits per heavy atom. The molecule has 1 heterocycles. The number of Topliss-reactive ketones (excluding diaryl/α,β-unsaturated/α-hetero) is 1. The molecule has 1 spiro atoms. The SMILES string of the molecule is O=C1[C@H]2[C@@H]3[C@H]4[C@H]5[C@@H]([C@H]2[C@@]5(Br)C32OCCO2)[C@]14Br. The molecule has 7 fully saturated rings. The van der Waals surface area contributed by atoms with E-state index in [0.717, 1.165) is 0 Å². The van der Waals surface area contributed by atoms with Gasteiger partial charge in [-0.2, -0.15) is 0 Å². The molecule has 1 aliphatic heterocycles. The quantitative estimate of drug-likeness (QED) is 0.611. The largest absolute Gasteiger partial charge is 0.346 e. The van der Waals surface area contributed by atoms with Crippen molar-refractivity contribution in [3.63, 3.8) is 0 Å². The first-order valence-corrected chi connectivity index (χ1v) is 7.89. The van der Waals surface area contributed by atoms with E-state index < -0.39 is 5.79 Å². The van der Waals surface area contributed by atoms with Gasteiger partial charge in [0, 0.05) is 11.8 Å². The zero-order valence-electron chi connectivity index (χ0n) is 8.86. The third-order valence-corrected chi connectivity index (χ3v) is 9.69. The summed E-state index contributed by atoms with van der Waals surface area (Å²) in [7, 11) is 0. The number of hydrogen-bond donors (Lipinski definition) is 0. The minimum Gasteiger partial charge on any atom is -0.346 e. The van der Waals surface area contributed by atoms with Crippen LogP contribution in [-0.2, 0) is 14.3 Å². The Morgan fingerprint density at radius 3 is 2.24 bits per heavy atom. The van der Waals surface area contributed by atoms with Gasteiger partial charge in [0.1, 0.15) is 0 Å². The van der Waals surface area contributed by atoms with Gasteiger partial charge in [-0.3, -0.25) is 4.79 Å². The van der Waals surface area contributed by atoms with Gasteiger partial charge in [0.2, 0.25) is 0 Å². The highest BCUT2D eigenvalue weighted by molar-refractivity contribution is 9.10. The highest BCUT2D eigenvalue weighted by Gasteiger charge is 3.04. The van der Waals surface area contributed by atoms with Crippen LogP contribution in [0.25, 0.3) is 0 Å². The van der Waals surface area contributed by atoms with Gasteiger partial charge in [0.15, 0.2) is 11.6 Å². The van der Waals surface area contributed by atoms with E-state index in [2.05, 4.69) is 31.9 Å². The molecule has 90 valence electrons. The van der Waals surface area contributed by atoms with Gasteiger partial charge >= 0.3 is 0 Å². The van der Waals surface area contributed by atoms with Crippen molar-refractivity contribution in [3.05, 3.63) is 0 Å². The number of hydrogen-bond acceptors (Lipinski definition) is 3. The number of ketones is 1. The standard InChI is InChI=1S/C12H10Br2O3/c13-10-6-4-3(9(10)15)5-7(10)8(6)11(4,14)12(5)16-1-2-17-12/h3-8H,1-2H2/t3-,4+,5-,6-,7+,8-,10-,11+/m1/s1. The second kappa shape index (κ2) is 2.11. The third kappa shape index (κ3) is 0.514. The van der Waals surface area contributed by atoms with E-state index in [9.17, 15) is 4.79 Å². The van der Waals surface area contributed by atoms with Gasteiger partial charge in [-0.05, 0) is 23.7 Å². The zero-order chi connectivity index (χ0) is 11.4. The molecule has 0 aromatic carbocycles. The van der Waals surface area contributed by atoms with Gasteiger partial charge < -0.3 is 9.47 Å². The Kier molecular flexibility index (Phi) is 1.17. The van der Waals surface area contributed by atoms with Crippen LogP contribution in [0.2, 0.25) is 0 Å². The second-order valence-corrected chi connectivity index (χ2v) is 9.04. The fourth-order valence-corrected chi connectivity index (χ4v) is 9.62. The van der Waals surface area contributed by atoms with Crippen LogP contribution in [0.3, 0.4) is 0 Å². The monoisotopic (exact) mass is 360 g/mol. The molecule has 8 atom stereocenters. The van der Waals surface area contributed by atoms with Crippen LogP contribution >= 0.6 is 31.9 Å². The first-order chi connectivity index (χ1) is 8.10. The fraction of sp³-hybridized carbons (Fsp3) is 0.917. The highest BCUT2D eigenvalue weighted by Crippen LogP contribution is 2.96. The van der Waals surface area contributed by atoms with Gasteiger partial charge in [-0.25, -0.2) is 0 Å². The van der Waals surface area contributed by atoms with Crippen LogP contribution in [-0.4, -0.2) is 33.4 Å². The number of carbonyl (C=O) groups is 1. The lowest BCUT2D eigenvalue weighted by molar-refractivity contribution is -0.199. The number of ether oxygens (including phenoxy) is 2. The maximum Gasteiger partial charge on any atom is 0.188 e. The van der Waals surface area contributed by atoms with Crippen molar-refractivity contribution in [1.29, 1.82) is 0 Å². The Labute approximate surface area is 115 Å². The zero-order valence-corrected chi connectivity index (χ0v) is 12.0. The molecule has 4 bridgehead atoms. The topological polar surface area (TPSA) is 35.5 Å². The summed E-state index contributed by atoms with van der Waals surface area (Å²) in [5.41, 5.74) is 0. The minimum atomic E-state index is -0.476. The van der Waals surface area contributed by atoms with Crippen LogP contribution in [0.4, 0.5) is 0 Å². The van der Waals surface area contributed by atoms with Crippen molar-refractivity contribution in [2.24, 2.45) is 35.5 Å². The lowest BCUT2D eigenvalue weighted by atomic mass is 9.40. The van der Waals surface area contributed by atoms with Crippen molar-refractivity contribution in [1.82, 2.24) is 0 Å². The Hall–Kier alpha value is 0.550. The van der Waals surface area contributed by atoms with Crippen molar-refractivity contribution in [2.75, 3.05) is 13.2 Å². The average Bonchev–Trinajstić information content (AvgIpc) is 2.96. The average molecular weight is 362 g/mol. The predicted octanol–water partition coefficient (Wildman–Crippen LogP) is 1.33. The molecule has 7 rings (SSSR count). The molecule has 0 aromatic rings. The van der Waals surface area contributed by atoms with Crippen LogP contribution in [0.1, 0.15) is 0 Å². The summed E-state index contributed by atoms with van der Waals surface area (Å²) in [6, 6.07) is 0. The fourth-order valence-electron chi connectivity index (χ4n) is 6.58. The molecule has 0 radical (unpaired) electrons. The molecule has 1 saturated heterocycles. The molecule has 17 heavy (non-hydrogen) atoms. The van der Waals surface area contributed by atoms with Gasteiger partial charge in [-0.15, -0.1) is 0 Å². The first-order valence-electron chi connectivity index (χ1n) is 6.30. The van der Waals surface area contributed by atoms with E-state index in [0.29, 0.717) is 48.6 Å². The van der Waals surface area contributed by atoms with E-state index in [1.54, 1.807) is 0 Å². The molecule has 5 heteroatoms.